The molecule has 0 N–H and O–H groups in total. The molecule has 0 fully saturated rings. The van der Waals surface area contributed by atoms with E-state index in [9.17, 15) is 4.39 Å². The minimum atomic E-state index is -0.224. The molecule has 0 aliphatic rings. The lowest BCUT2D eigenvalue weighted by Gasteiger charge is -2.08. The number of benzene rings is 1. The highest BCUT2D eigenvalue weighted by Gasteiger charge is 2.10. The number of unbranched alkanes of at least 4 members (excludes halogenated alkanes) is 4. The van der Waals surface area contributed by atoms with E-state index in [0.717, 1.165) is 24.1 Å². The zero-order chi connectivity index (χ0) is 14.2. The minimum absolute atomic E-state index is 0.224. The van der Waals surface area contributed by atoms with E-state index in [-0.39, 0.29) is 5.82 Å². The van der Waals surface area contributed by atoms with Gasteiger partial charge in [-0.05, 0) is 30.5 Å². The molecule has 0 atom stereocenters. The van der Waals surface area contributed by atoms with Gasteiger partial charge in [-0.2, -0.15) is 0 Å². The molecular formula is C17H21FN2. The van der Waals surface area contributed by atoms with Crippen molar-refractivity contribution in [3.8, 4) is 11.3 Å². The molecule has 2 rings (SSSR count). The summed E-state index contributed by atoms with van der Waals surface area (Å²) in [5.74, 6) is -0.224. The third-order valence-corrected chi connectivity index (χ3v) is 3.47. The van der Waals surface area contributed by atoms with Crippen LogP contribution in [0.5, 0.6) is 0 Å². The van der Waals surface area contributed by atoms with Gasteiger partial charge < -0.3 is 0 Å². The second-order valence-corrected chi connectivity index (χ2v) is 5.04. The number of hydrogen-bond acceptors (Lipinski definition) is 2. The van der Waals surface area contributed by atoms with Crippen molar-refractivity contribution in [3.05, 3.63) is 48.2 Å². The predicted molar refractivity (Wildman–Crippen MR) is 79.9 cm³/mol. The molecule has 2 nitrogen and oxygen atoms in total. The summed E-state index contributed by atoms with van der Waals surface area (Å²) in [7, 11) is 0. The minimum Gasteiger partial charge on any atom is -0.244 e. The Balaban J connectivity index is 2.09. The van der Waals surface area contributed by atoms with Crippen molar-refractivity contribution in [2.75, 3.05) is 0 Å². The molecule has 1 aromatic carbocycles. The molecule has 1 aromatic heterocycles. The van der Waals surface area contributed by atoms with Gasteiger partial charge in [-0.25, -0.2) is 14.4 Å². The molecule has 20 heavy (non-hydrogen) atoms. The lowest BCUT2D eigenvalue weighted by atomic mass is 10.0. The molecular weight excluding hydrogens is 251 g/mol. The van der Waals surface area contributed by atoms with E-state index >= 15 is 0 Å². The van der Waals surface area contributed by atoms with Crippen LogP contribution in [0.15, 0.2) is 36.8 Å². The molecule has 0 bridgehead atoms. The van der Waals surface area contributed by atoms with Gasteiger partial charge in [0.1, 0.15) is 12.1 Å². The molecule has 0 amide bonds. The van der Waals surface area contributed by atoms with Gasteiger partial charge >= 0.3 is 0 Å². The van der Waals surface area contributed by atoms with Crippen LogP contribution < -0.4 is 0 Å². The lowest BCUT2D eigenvalue weighted by Crippen LogP contribution is -1.97. The lowest BCUT2D eigenvalue weighted by molar-refractivity contribution is 0.626. The van der Waals surface area contributed by atoms with Gasteiger partial charge in [-0.1, -0.05) is 44.7 Å². The zero-order valence-corrected chi connectivity index (χ0v) is 12.0. The maximum absolute atomic E-state index is 13.9. The smallest absolute Gasteiger partial charge is 0.132 e. The van der Waals surface area contributed by atoms with Crippen molar-refractivity contribution in [2.24, 2.45) is 0 Å². The Hall–Kier alpha value is -1.77. The molecule has 0 aliphatic carbocycles. The normalized spacial score (nSPS) is 10.7. The summed E-state index contributed by atoms with van der Waals surface area (Å²) in [6.07, 6.45) is 10.3. The standard InChI is InChI=1S/C17H21FN2/c1-2-3-4-5-6-9-14-12-19-13-20-17(14)15-10-7-8-11-16(15)18/h7-8,10-13H,2-6,9H2,1H3. The second-order valence-electron chi connectivity index (χ2n) is 5.04. The van der Waals surface area contributed by atoms with Crippen LogP contribution in [-0.2, 0) is 6.42 Å². The van der Waals surface area contributed by atoms with Gasteiger partial charge in [-0.15, -0.1) is 0 Å². The highest BCUT2D eigenvalue weighted by molar-refractivity contribution is 5.63. The van der Waals surface area contributed by atoms with Crippen LogP contribution in [0, 0.1) is 5.82 Å². The van der Waals surface area contributed by atoms with Crippen molar-refractivity contribution in [1.82, 2.24) is 9.97 Å². The van der Waals surface area contributed by atoms with Crippen molar-refractivity contribution in [2.45, 2.75) is 45.4 Å². The van der Waals surface area contributed by atoms with Crippen LogP contribution >= 0.6 is 0 Å². The molecule has 106 valence electrons. The van der Waals surface area contributed by atoms with Crippen LogP contribution in [0.2, 0.25) is 0 Å². The molecule has 0 radical (unpaired) electrons. The topological polar surface area (TPSA) is 25.8 Å². The fraction of sp³-hybridized carbons (Fsp3) is 0.412. The molecule has 3 heteroatoms. The zero-order valence-electron chi connectivity index (χ0n) is 12.0. The van der Waals surface area contributed by atoms with Crippen LogP contribution in [0.25, 0.3) is 11.3 Å². The molecule has 0 aliphatic heterocycles. The molecule has 0 spiro atoms. The van der Waals surface area contributed by atoms with Crippen molar-refractivity contribution >= 4 is 0 Å². The summed E-state index contributed by atoms with van der Waals surface area (Å²) in [5.41, 5.74) is 2.33. The molecule has 0 unspecified atom stereocenters. The maximum atomic E-state index is 13.9. The summed E-state index contributed by atoms with van der Waals surface area (Å²) in [5, 5.41) is 0. The first-order valence-corrected chi connectivity index (χ1v) is 7.36. The Kier molecular flexibility index (Phi) is 5.66. The molecule has 2 aromatic rings. The number of nitrogens with zero attached hydrogens (tertiary/aromatic N) is 2. The van der Waals surface area contributed by atoms with Gasteiger partial charge in [0.25, 0.3) is 0 Å². The van der Waals surface area contributed by atoms with Crippen molar-refractivity contribution in [3.63, 3.8) is 0 Å². The number of aryl methyl sites for hydroxylation is 1. The van der Waals surface area contributed by atoms with Gasteiger partial charge in [0.2, 0.25) is 0 Å². The average molecular weight is 272 g/mol. The van der Waals surface area contributed by atoms with Gasteiger partial charge in [-0.3, -0.25) is 0 Å². The molecule has 0 saturated heterocycles. The third-order valence-electron chi connectivity index (χ3n) is 3.47. The van der Waals surface area contributed by atoms with Crippen molar-refractivity contribution < 1.29 is 4.39 Å². The van der Waals surface area contributed by atoms with E-state index in [1.807, 2.05) is 12.3 Å². The van der Waals surface area contributed by atoms with Crippen molar-refractivity contribution in [1.29, 1.82) is 0 Å². The third kappa shape index (κ3) is 3.86. The van der Waals surface area contributed by atoms with E-state index in [4.69, 9.17) is 0 Å². The Labute approximate surface area is 120 Å². The Morgan fingerprint density at radius 2 is 1.85 bits per heavy atom. The number of hydrogen-bond donors (Lipinski definition) is 0. The second kappa shape index (κ2) is 7.73. The molecule has 1 heterocycles. The fourth-order valence-electron chi connectivity index (χ4n) is 2.36. The number of rotatable bonds is 7. The van der Waals surface area contributed by atoms with Gasteiger partial charge in [0.15, 0.2) is 0 Å². The van der Waals surface area contributed by atoms with Crippen LogP contribution in [-0.4, -0.2) is 9.97 Å². The van der Waals surface area contributed by atoms with E-state index in [1.165, 1.54) is 38.1 Å². The van der Waals surface area contributed by atoms with Crippen LogP contribution in [0.3, 0.4) is 0 Å². The van der Waals surface area contributed by atoms with Gasteiger partial charge in [0.05, 0.1) is 5.69 Å². The number of halogens is 1. The maximum Gasteiger partial charge on any atom is 0.132 e. The first-order chi connectivity index (χ1) is 9.83. The predicted octanol–water partition coefficient (Wildman–Crippen LogP) is 4.80. The Bertz CT molecular complexity index is 540. The van der Waals surface area contributed by atoms with E-state index in [1.54, 1.807) is 12.1 Å². The van der Waals surface area contributed by atoms with E-state index in [2.05, 4.69) is 16.9 Å². The van der Waals surface area contributed by atoms with Gasteiger partial charge in [0, 0.05) is 11.8 Å². The molecule has 0 saturated carbocycles. The average Bonchev–Trinajstić information content (AvgIpc) is 2.48. The monoisotopic (exact) mass is 272 g/mol. The van der Waals surface area contributed by atoms with Crippen LogP contribution in [0.1, 0.15) is 44.6 Å². The Morgan fingerprint density at radius 1 is 1.05 bits per heavy atom. The highest BCUT2D eigenvalue weighted by atomic mass is 19.1. The van der Waals surface area contributed by atoms with E-state index in [0.29, 0.717) is 5.56 Å². The number of aromatic nitrogens is 2. The quantitative estimate of drug-likeness (QED) is 0.677. The first kappa shape index (κ1) is 14.6. The summed E-state index contributed by atoms with van der Waals surface area (Å²) >= 11 is 0. The van der Waals surface area contributed by atoms with Crippen LogP contribution in [0.4, 0.5) is 4.39 Å². The highest BCUT2D eigenvalue weighted by Crippen LogP contribution is 2.24. The summed E-state index contributed by atoms with van der Waals surface area (Å²) in [6.45, 7) is 2.21. The first-order valence-electron chi connectivity index (χ1n) is 7.36. The summed E-state index contributed by atoms with van der Waals surface area (Å²) in [4.78, 5) is 8.36. The SMILES string of the molecule is CCCCCCCc1cncnc1-c1ccccc1F. The van der Waals surface area contributed by atoms with E-state index < -0.39 is 0 Å². The Morgan fingerprint density at radius 3 is 2.65 bits per heavy atom. The fourth-order valence-corrected chi connectivity index (χ4v) is 2.36. The summed E-state index contributed by atoms with van der Waals surface area (Å²) in [6, 6.07) is 6.79. The summed E-state index contributed by atoms with van der Waals surface area (Å²) < 4.78 is 13.9. The largest absolute Gasteiger partial charge is 0.244 e.